The first-order valence-electron chi connectivity index (χ1n) is 2.56. The average molecular weight is 105 g/mol. The second-order valence-corrected chi connectivity index (χ2v) is 1.87. The van der Waals surface area contributed by atoms with E-state index in [1.807, 2.05) is 25.2 Å². The minimum atomic E-state index is 0.0370. The summed E-state index contributed by atoms with van der Waals surface area (Å²) in [6.45, 7) is 8.64. The zero-order valence-corrected chi connectivity index (χ0v) is 4.76. The molecule has 40 valence electrons. The Kier molecular flexibility index (Phi) is 1.17. The molecule has 0 aromatic rings. The van der Waals surface area contributed by atoms with Gasteiger partial charge in [-0.3, -0.25) is 0 Å². The predicted molar refractivity (Wildman–Crippen MR) is 33.3 cm³/mol. The highest BCUT2D eigenvalue weighted by Gasteiger charge is 2.12. The molecule has 0 heterocycles. The van der Waals surface area contributed by atoms with Gasteiger partial charge in [-0.05, 0) is 6.92 Å². The summed E-state index contributed by atoms with van der Waals surface area (Å²) in [6.07, 6.45) is 5.81. The van der Waals surface area contributed by atoms with E-state index in [9.17, 15) is 0 Å². The summed E-state index contributed by atoms with van der Waals surface area (Å²) in [6, 6.07) is 0.0370. The van der Waals surface area contributed by atoms with Crippen LogP contribution in [0.1, 0.15) is 6.92 Å². The fourth-order valence-electron chi connectivity index (χ4n) is 0.708. The summed E-state index contributed by atoms with van der Waals surface area (Å²) >= 11 is 0. The lowest BCUT2D eigenvalue weighted by Gasteiger charge is -1.89. The Hall–Kier alpha value is -1.03. The van der Waals surface area contributed by atoms with Crippen molar-refractivity contribution < 1.29 is 0 Å². The average Bonchev–Trinajstić information content (AvgIpc) is 2.14. The number of hydrogen-bond acceptors (Lipinski definition) is 0. The van der Waals surface area contributed by atoms with Crippen LogP contribution >= 0.6 is 0 Å². The van der Waals surface area contributed by atoms with Gasteiger partial charge < -0.3 is 4.85 Å². The minimum absolute atomic E-state index is 0.0370. The lowest BCUT2D eigenvalue weighted by molar-refractivity contribution is 1.13. The number of hydrogen-bond donors (Lipinski definition) is 0. The van der Waals surface area contributed by atoms with Gasteiger partial charge in [-0.15, -0.1) is 0 Å². The highest BCUT2D eigenvalue weighted by Crippen LogP contribution is 2.13. The molecular weight excluding hydrogens is 98.1 g/mol. The molecule has 0 N–H and O–H groups in total. The molecule has 0 saturated heterocycles. The lowest BCUT2D eigenvalue weighted by Crippen LogP contribution is -1.92. The van der Waals surface area contributed by atoms with Gasteiger partial charge in [0.1, 0.15) is 0 Å². The predicted octanol–water partition coefficient (Wildman–Crippen LogP) is 1.79. The van der Waals surface area contributed by atoms with E-state index >= 15 is 0 Å². The van der Waals surface area contributed by atoms with E-state index in [4.69, 9.17) is 6.57 Å². The molecule has 1 atom stereocenters. The quantitative estimate of drug-likeness (QED) is 0.414. The molecule has 0 spiro atoms. The highest BCUT2D eigenvalue weighted by atomic mass is 14.7. The second kappa shape index (κ2) is 1.83. The van der Waals surface area contributed by atoms with Crippen molar-refractivity contribution in [3.8, 4) is 0 Å². The summed E-state index contributed by atoms with van der Waals surface area (Å²) in [5, 5.41) is 0. The first-order valence-corrected chi connectivity index (χ1v) is 2.56. The maximum atomic E-state index is 6.66. The van der Waals surface area contributed by atoms with Gasteiger partial charge in [0.15, 0.2) is 0 Å². The SMILES string of the molecule is [C-]#[N+]C1C=CC=C1C. The number of rotatable bonds is 0. The van der Waals surface area contributed by atoms with Crippen LogP contribution in [-0.2, 0) is 0 Å². The maximum Gasteiger partial charge on any atom is 0.263 e. The first kappa shape index (κ1) is 5.11. The fraction of sp³-hybridized carbons (Fsp3) is 0.286. The molecule has 1 rings (SSSR count). The van der Waals surface area contributed by atoms with Gasteiger partial charge in [0.25, 0.3) is 6.04 Å². The third kappa shape index (κ3) is 0.651. The largest absolute Gasteiger partial charge is 0.304 e. The Morgan fingerprint density at radius 2 is 2.50 bits per heavy atom. The third-order valence-electron chi connectivity index (χ3n) is 1.26. The van der Waals surface area contributed by atoms with Gasteiger partial charge in [0, 0.05) is 11.6 Å². The summed E-state index contributed by atoms with van der Waals surface area (Å²) in [5.74, 6) is 0. The van der Waals surface area contributed by atoms with Gasteiger partial charge in [-0.2, -0.15) is 0 Å². The molecule has 0 bridgehead atoms. The van der Waals surface area contributed by atoms with E-state index in [-0.39, 0.29) is 6.04 Å². The van der Waals surface area contributed by atoms with Gasteiger partial charge in [0.05, 0.1) is 0 Å². The molecule has 1 heteroatoms. The van der Waals surface area contributed by atoms with Gasteiger partial charge in [0.2, 0.25) is 0 Å². The number of nitrogens with zero attached hydrogens (tertiary/aromatic N) is 1. The van der Waals surface area contributed by atoms with E-state index in [1.54, 1.807) is 0 Å². The van der Waals surface area contributed by atoms with E-state index in [2.05, 4.69) is 4.85 Å². The van der Waals surface area contributed by atoms with Crippen LogP contribution in [0.2, 0.25) is 0 Å². The molecule has 1 nitrogen and oxygen atoms in total. The van der Waals surface area contributed by atoms with Crippen LogP contribution in [0.3, 0.4) is 0 Å². The van der Waals surface area contributed by atoms with Crippen molar-refractivity contribution in [2.75, 3.05) is 0 Å². The molecule has 0 radical (unpaired) electrons. The van der Waals surface area contributed by atoms with Gasteiger partial charge in [-0.25, -0.2) is 6.57 Å². The zero-order chi connectivity index (χ0) is 5.98. The van der Waals surface area contributed by atoms with Crippen LogP contribution in [0.4, 0.5) is 0 Å². The Balaban J connectivity index is 2.76. The van der Waals surface area contributed by atoms with Crippen LogP contribution in [0.25, 0.3) is 4.85 Å². The Bertz CT molecular complexity index is 181. The molecular formula is C7H7N. The van der Waals surface area contributed by atoms with Gasteiger partial charge in [-0.1, -0.05) is 12.2 Å². The molecule has 0 fully saturated rings. The molecule has 8 heavy (non-hydrogen) atoms. The van der Waals surface area contributed by atoms with Crippen LogP contribution < -0.4 is 0 Å². The van der Waals surface area contributed by atoms with E-state index in [0.717, 1.165) is 5.57 Å². The molecule has 1 unspecified atom stereocenters. The van der Waals surface area contributed by atoms with Crippen molar-refractivity contribution in [1.82, 2.24) is 0 Å². The Labute approximate surface area is 49.1 Å². The van der Waals surface area contributed by atoms with Crippen molar-refractivity contribution in [3.63, 3.8) is 0 Å². The molecule has 0 amide bonds. The summed E-state index contributed by atoms with van der Waals surface area (Å²) in [7, 11) is 0. The Morgan fingerprint density at radius 1 is 1.75 bits per heavy atom. The zero-order valence-electron chi connectivity index (χ0n) is 4.76. The molecule has 0 saturated carbocycles. The topological polar surface area (TPSA) is 4.36 Å². The van der Waals surface area contributed by atoms with Crippen molar-refractivity contribution in [2.45, 2.75) is 13.0 Å². The monoisotopic (exact) mass is 105 g/mol. The highest BCUT2D eigenvalue weighted by molar-refractivity contribution is 5.32. The van der Waals surface area contributed by atoms with Crippen molar-refractivity contribution >= 4 is 0 Å². The standard InChI is InChI=1S/C7H7N/c1-6-4-3-5-7(6)8-2/h3-5,7H,1H3. The van der Waals surface area contributed by atoms with Crippen LogP contribution in [-0.4, -0.2) is 6.04 Å². The lowest BCUT2D eigenvalue weighted by atomic mass is 10.2. The smallest absolute Gasteiger partial charge is 0.263 e. The molecule has 1 aliphatic rings. The fourth-order valence-corrected chi connectivity index (χ4v) is 0.708. The van der Waals surface area contributed by atoms with Crippen molar-refractivity contribution in [3.05, 3.63) is 35.2 Å². The summed E-state index contributed by atoms with van der Waals surface area (Å²) in [5.41, 5.74) is 1.15. The maximum absolute atomic E-state index is 6.66. The van der Waals surface area contributed by atoms with Crippen molar-refractivity contribution in [2.24, 2.45) is 0 Å². The first-order chi connectivity index (χ1) is 3.84. The molecule has 1 aliphatic carbocycles. The van der Waals surface area contributed by atoms with E-state index in [1.165, 1.54) is 0 Å². The molecule has 0 aromatic carbocycles. The van der Waals surface area contributed by atoms with Crippen LogP contribution in [0, 0.1) is 6.57 Å². The molecule has 0 aliphatic heterocycles. The number of allylic oxidation sites excluding steroid dienone is 2. The van der Waals surface area contributed by atoms with E-state index in [0.29, 0.717) is 0 Å². The minimum Gasteiger partial charge on any atom is -0.304 e. The van der Waals surface area contributed by atoms with Crippen LogP contribution in [0.15, 0.2) is 23.8 Å². The second-order valence-electron chi connectivity index (χ2n) is 1.87. The van der Waals surface area contributed by atoms with E-state index < -0.39 is 0 Å². The normalized spacial score (nSPS) is 25.0. The van der Waals surface area contributed by atoms with Gasteiger partial charge >= 0.3 is 0 Å². The van der Waals surface area contributed by atoms with Crippen LogP contribution in [0.5, 0.6) is 0 Å². The Morgan fingerprint density at radius 3 is 2.75 bits per heavy atom. The summed E-state index contributed by atoms with van der Waals surface area (Å²) < 4.78 is 0. The van der Waals surface area contributed by atoms with Crippen molar-refractivity contribution in [1.29, 1.82) is 0 Å². The third-order valence-corrected chi connectivity index (χ3v) is 1.26. The molecule has 0 aromatic heterocycles. The summed E-state index contributed by atoms with van der Waals surface area (Å²) in [4.78, 5) is 3.36.